The molecule has 1 aliphatic heterocycles. The number of hydrogen-bond acceptors (Lipinski definition) is 11. The van der Waals surface area contributed by atoms with Gasteiger partial charge in [0.25, 0.3) is 10.1 Å². The van der Waals surface area contributed by atoms with Gasteiger partial charge in [0.15, 0.2) is 12.4 Å². The van der Waals surface area contributed by atoms with Crippen molar-refractivity contribution in [2.24, 2.45) is 0 Å². The lowest BCUT2D eigenvalue weighted by atomic mass is 10.00. The fourth-order valence-corrected chi connectivity index (χ4v) is 7.44. The first-order valence-electron chi connectivity index (χ1n) is 22.7. The Bertz CT molecular complexity index is 1280. The molecule has 6 atom stereocenters. The van der Waals surface area contributed by atoms with Crippen LogP contribution in [-0.4, -0.2) is 96.0 Å². The second-order valence-electron chi connectivity index (χ2n) is 15.8. The number of allylic oxidation sites excluding steroid dienone is 8. The summed E-state index contributed by atoms with van der Waals surface area (Å²) in [5.74, 6) is -2.03. The molecule has 0 aromatic heterocycles. The summed E-state index contributed by atoms with van der Waals surface area (Å²) < 4.78 is 54.0. The molecule has 1 aliphatic rings. The van der Waals surface area contributed by atoms with Crippen molar-refractivity contribution in [3.63, 3.8) is 0 Å². The highest BCUT2D eigenvalue weighted by Crippen LogP contribution is 2.24. The molecule has 59 heavy (non-hydrogen) atoms. The third-order valence-electron chi connectivity index (χ3n) is 10.3. The van der Waals surface area contributed by atoms with Crippen LogP contribution in [0.5, 0.6) is 0 Å². The summed E-state index contributed by atoms with van der Waals surface area (Å²) in [5, 5.41) is 30.9. The van der Waals surface area contributed by atoms with Crippen molar-refractivity contribution in [1.29, 1.82) is 0 Å². The molecule has 0 aromatic carbocycles. The first kappa shape index (κ1) is 54.6. The van der Waals surface area contributed by atoms with E-state index in [-0.39, 0.29) is 19.4 Å². The van der Waals surface area contributed by atoms with E-state index in [1.54, 1.807) is 0 Å². The Morgan fingerprint density at radius 2 is 1.07 bits per heavy atom. The molecule has 0 aliphatic carbocycles. The van der Waals surface area contributed by atoms with Gasteiger partial charge in [-0.3, -0.25) is 14.1 Å². The first-order valence-corrected chi connectivity index (χ1v) is 24.4. The third kappa shape index (κ3) is 31.2. The van der Waals surface area contributed by atoms with Crippen LogP contribution < -0.4 is 0 Å². The molecule has 0 saturated carbocycles. The van der Waals surface area contributed by atoms with E-state index in [4.69, 9.17) is 18.9 Å². The van der Waals surface area contributed by atoms with Gasteiger partial charge in [0, 0.05) is 12.8 Å². The highest BCUT2D eigenvalue weighted by Gasteiger charge is 2.46. The Labute approximate surface area is 356 Å². The Hall–Kier alpha value is -2.39. The van der Waals surface area contributed by atoms with Gasteiger partial charge in [-0.1, -0.05) is 178 Å². The molecule has 1 heterocycles. The Balaban J connectivity index is 2.44. The SMILES string of the molecule is CC/C=C/C=C/C=C/C=C/CCCCCC(=O)OC(COC(=O)CCCCCCCCCCCCCCCCCCCC)CO[C@H]1O[C@H](CS(=O)(=O)O)[C@@H](O)C(O)C1O. The van der Waals surface area contributed by atoms with Gasteiger partial charge >= 0.3 is 11.9 Å². The number of rotatable bonds is 37. The second kappa shape index (κ2) is 36.3. The van der Waals surface area contributed by atoms with E-state index >= 15 is 0 Å². The number of carbonyl (C=O) groups is 2. The van der Waals surface area contributed by atoms with Crippen LogP contribution in [0.15, 0.2) is 48.6 Å². The molecule has 342 valence electrons. The van der Waals surface area contributed by atoms with Crippen LogP contribution >= 0.6 is 0 Å². The number of aliphatic hydroxyl groups is 3. The van der Waals surface area contributed by atoms with Gasteiger partial charge in [0.05, 0.1) is 6.61 Å². The molecule has 4 N–H and O–H groups in total. The van der Waals surface area contributed by atoms with E-state index in [9.17, 15) is 37.9 Å². The largest absolute Gasteiger partial charge is 0.462 e. The fraction of sp³-hybridized carbons (Fsp3) is 0.783. The molecule has 1 saturated heterocycles. The standard InChI is InChI=1S/C46H80O12S/c1-3-5-7-9-11-13-15-17-18-19-20-21-23-24-26-28-30-32-34-41(47)55-36-39(37-56-46-45(51)44(50)43(49)40(58-46)38-59(52,53)54)57-42(48)35-33-31-29-27-25-22-16-14-12-10-8-6-4-2/h6,8,10,12,14,16,22,25,39-40,43-46,49-51H,3-5,7,9,11,13,15,17-21,23-24,26-38H2,1-2H3,(H,52,53,54)/b8-6+,12-10+,16-14+,25-22+/t39?,40-,43-,44?,45?,46+/m1/s1. The molecule has 0 aromatic rings. The Kier molecular flexibility index (Phi) is 33.6. The van der Waals surface area contributed by atoms with E-state index in [2.05, 4.69) is 26.0 Å². The predicted molar refractivity (Wildman–Crippen MR) is 233 cm³/mol. The minimum absolute atomic E-state index is 0.118. The molecule has 1 fully saturated rings. The zero-order chi connectivity index (χ0) is 43.4. The number of unbranched alkanes of at least 4 members (excludes halogenated alkanes) is 20. The van der Waals surface area contributed by atoms with Crippen LogP contribution in [-0.2, 0) is 38.7 Å². The summed E-state index contributed by atoms with van der Waals surface area (Å²) in [6, 6.07) is 0. The van der Waals surface area contributed by atoms with E-state index in [1.807, 2.05) is 36.5 Å². The van der Waals surface area contributed by atoms with Crippen molar-refractivity contribution >= 4 is 22.1 Å². The monoisotopic (exact) mass is 857 g/mol. The van der Waals surface area contributed by atoms with Crippen LogP contribution in [0.2, 0.25) is 0 Å². The fourth-order valence-electron chi connectivity index (χ4n) is 6.75. The quantitative estimate of drug-likeness (QED) is 0.0201. The van der Waals surface area contributed by atoms with Crippen LogP contribution in [0.4, 0.5) is 0 Å². The summed E-state index contributed by atoms with van der Waals surface area (Å²) in [6.07, 6.45) is 33.1. The number of esters is 2. The van der Waals surface area contributed by atoms with E-state index in [1.165, 1.54) is 89.9 Å². The van der Waals surface area contributed by atoms with Crippen molar-refractivity contribution in [3.8, 4) is 0 Å². The second-order valence-corrected chi connectivity index (χ2v) is 17.3. The van der Waals surface area contributed by atoms with Crippen LogP contribution in [0, 0.1) is 0 Å². The van der Waals surface area contributed by atoms with Crippen molar-refractivity contribution in [1.82, 2.24) is 0 Å². The van der Waals surface area contributed by atoms with Gasteiger partial charge in [0.1, 0.15) is 36.8 Å². The molecule has 3 unspecified atom stereocenters. The van der Waals surface area contributed by atoms with Crippen molar-refractivity contribution < 1.29 is 56.8 Å². The summed E-state index contributed by atoms with van der Waals surface area (Å²) >= 11 is 0. The van der Waals surface area contributed by atoms with Crippen molar-refractivity contribution in [2.45, 2.75) is 211 Å². The lowest BCUT2D eigenvalue weighted by Crippen LogP contribution is -2.60. The average molecular weight is 857 g/mol. The van der Waals surface area contributed by atoms with Crippen molar-refractivity contribution in [3.05, 3.63) is 48.6 Å². The maximum absolute atomic E-state index is 12.8. The van der Waals surface area contributed by atoms with Gasteiger partial charge in [0.2, 0.25) is 0 Å². The number of hydrogen-bond donors (Lipinski definition) is 4. The molecule has 12 nitrogen and oxygen atoms in total. The zero-order valence-corrected chi connectivity index (χ0v) is 37.2. The lowest BCUT2D eigenvalue weighted by molar-refractivity contribution is -0.297. The van der Waals surface area contributed by atoms with E-state index in [0.29, 0.717) is 12.8 Å². The average Bonchev–Trinajstić information content (AvgIpc) is 3.20. The third-order valence-corrected chi connectivity index (χ3v) is 11.0. The molecule has 0 amide bonds. The molecule has 0 radical (unpaired) electrons. The van der Waals surface area contributed by atoms with Crippen LogP contribution in [0.3, 0.4) is 0 Å². The molecule has 1 rings (SSSR count). The minimum atomic E-state index is -4.61. The highest BCUT2D eigenvalue weighted by molar-refractivity contribution is 7.85. The highest BCUT2D eigenvalue weighted by atomic mass is 32.2. The molecular weight excluding hydrogens is 777 g/mol. The molecule has 0 spiro atoms. The summed E-state index contributed by atoms with van der Waals surface area (Å²) in [6.45, 7) is 3.59. The Morgan fingerprint density at radius 3 is 1.59 bits per heavy atom. The van der Waals surface area contributed by atoms with E-state index < -0.39 is 71.2 Å². The smallest absolute Gasteiger partial charge is 0.306 e. The summed E-state index contributed by atoms with van der Waals surface area (Å²) in [5.41, 5.74) is 0. The number of carbonyl (C=O) groups excluding carboxylic acids is 2. The maximum atomic E-state index is 12.8. The molecular formula is C46H80O12S. The van der Waals surface area contributed by atoms with Gasteiger partial charge in [-0.2, -0.15) is 8.42 Å². The van der Waals surface area contributed by atoms with Gasteiger partial charge in [-0.05, 0) is 32.1 Å². The normalized spacial score (nSPS) is 20.7. The van der Waals surface area contributed by atoms with Crippen LogP contribution in [0.1, 0.15) is 174 Å². The van der Waals surface area contributed by atoms with Crippen LogP contribution in [0.25, 0.3) is 0 Å². The first-order chi connectivity index (χ1) is 28.5. The molecule has 13 heteroatoms. The van der Waals surface area contributed by atoms with Gasteiger partial charge < -0.3 is 34.3 Å². The zero-order valence-electron chi connectivity index (χ0n) is 36.3. The predicted octanol–water partition coefficient (Wildman–Crippen LogP) is 9.17. The van der Waals surface area contributed by atoms with Crippen molar-refractivity contribution in [2.75, 3.05) is 19.0 Å². The number of aliphatic hydroxyl groups excluding tert-OH is 3. The van der Waals surface area contributed by atoms with Gasteiger partial charge in [-0.25, -0.2) is 0 Å². The number of ether oxygens (including phenoxy) is 4. The maximum Gasteiger partial charge on any atom is 0.306 e. The Morgan fingerprint density at radius 1 is 0.593 bits per heavy atom. The summed E-state index contributed by atoms with van der Waals surface area (Å²) in [7, 11) is -4.61. The molecule has 0 bridgehead atoms. The lowest BCUT2D eigenvalue weighted by Gasteiger charge is -2.40. The van der Waals surface area contributed by atoms with Gasteiger partial charge in [-0.15, -0.1) is 0 Å². The van der Waals surface area contributed by atoms with E-state index in [0.717, 1.165) is 44.9 Å². The topological polar surface area (TPSA) is 186 Å². The minimum Gasteiger partial charge on any atom is -0.462 e. The summed E-state index contributed by atoms with van der Waals surface area (Å²) in [4.78, 5) is 25.4.